The van der Waals surface area contributed by atoms with Crippen molar-refractivity contribution in [3.63, 3.8) is 0 Å². The summed E-state index contributed by atoms with van der Waals surface area (Å²) in [6.45, 7) is 3.58. The number of hydrogen-bond acceptors (Lipinski definition) is 7. The minimum Gasteiger partial charge on any atom is -0.338 e. The lowest BCUT2D eigenvalue weighted by molar-refractivity contribution is 0.391. The van der Waals surface area contributed by atoms with Gasteiger partial charge in [0.1, 0.15) is 5.82 Å². The second-order valence-electron chi connectivity index (χ2n) is 6.05. The zero-order valence-electron chi connectivity index (χ0n) is 14.6. The second kappa shape index (κ2) is 7.24. The maximum atomic E-state index is 13.7. The Kier molecular flexibility index (Phi) is 4.79. The first kappa shape index (κ1) is 17.9. The fourth-order valence-electron chi connectivity index (χ4n) is 2.58. The number of aromatic nitrogens is 4. The molecule has 3 heterocycles. The molecular weight excluding hydrogens is 387 g/mol. The standard InChI is InChI=1S/C18H15FN4O2S2/c1-10-3-4-12(5-14(10)19)17-21-15(25-22-17)9-26-8-13-6-16(24)23-11(2)7-27-18(23)20-13/h3-7H,8-9H2,1-2H3. The van der Waals surface area contributed by atoms with Crippen molar-refractivity contribution >= 4 is 28.1 Å². The summed E-state index contributed by atoms with van der Waals surface area (Å²) >= 11 is 2.97. The molecule has 3 aromatic heterocycles. The average molecular weight is 402 g/mol. The second-order valence-corrected chi connectivity index (χ2v) is 7.87. The lowest BCUT2D eigenvalue weighted by Gasteiger charge is -2.00. The number of aryl methyl sites for hydroxylation is 2. The van der Waals surface area contributed by atoms with Crippen LogP contribution in [0.5, 0.6) is 0 Å². The average Bonchev–Trinajstić information content (AvgIpc) is 3.25. The monoisotopic (exact) mass is 402 g/mol. The molecule has 0 radical (unpaired) electrons. The fourth-order valence-corrected chi connectivity index (χ4v) is 4.22. The molecule has 9 heteroatoms. The number of benzene rings is 1. The number of fused-ring (bicyclic) bond motifs is 1. The lowest BCUT2D eigenvalue weighted by Crippen LogP contribution is -2.14. The SMILES string of the molecule is Cc1ccc(-c2noc(CSCc3cc(=O)n4c(C)csc4n3)n2)cc1F. The Bertz CT molecular complexity index is 1180. The molecule has 0 saturated heterocycles. The van der Waals surface area contributed by atoms with Crippen LogP contribution in [0.1, 0.15) is 22.8 Å². The van der Waals surface area contributed by atoms with Crippen LogP contribution < -0.4 is 5.56 Å². The van der Waals surface area contributed by atoms with Crippen LogP contribution in [0.15, 0.2) is 39.0 Å². The number of thioether (sulfide) groups is 1. The quantitative estimate of drug-likeness (QED) is 0.502. The predicted molar refractivity (Wildman–Crippen MR) is 104 cm³/mol. The van der Waals surface area contributed by atoms with E-state index in [4.69, 9.17) is 4.52 Å². The van der Waals surface area contributed by atoms with Crippen molar-refractivity contribution in [1.29, 1.82) is 0 Å². The Labute approximate surface area is 162 Å². The highest BCUT2D eigenvalue weighted by molar-refractivity contribution is 7.97. The minimum absolute atomic E-state index is 0.0733. The zero-order chi connectivity index (χ0) is 19.0. The van der Waals surface area contributed by atoms with Gasteiger partial charge in [0.25, 0.3) is 5.56 Å². The topological polar surface area (TPSA) is 73.3 Å². The third-order valence-electron chi connectivity index (χ3n) is 4.00. The van der Waals surface area contributed by atoms with E-state index < -0.39 is 0 Å². The van der Waals surface area contributed by atoms with Gasteiger partial charge in [0.15, 0.2) is 4.96 Å². The van der Waals surface area contributed by atoms with Crippen LogP contribution in [-0.4, -0.2) is 19.5 Å². The number of hydrogen-bond donors (Lipinski definition) is 0. The predicted octanol–water partition coefficient (Wildman–Crippen LogP) is 4.00. The van der Waals surface area contributed by atoms with Crippen molar-refractivity contribution in [2.45, 2.75) is 25.4 Å². The van der Waals surface area contributed by atoms with Crippen molar-refractivity contribution in [3.05, 3.63) is 68.7 Å². The Morgan fingerprint density at radius 2 is 2.07 bits per heavy atom. The van der Waals surface area contributed by atoms with Gasteiger partial charge in [-0.15, -0.1) is 23.1 Å². The molecule has 138 valence electrons. The molecule has 0 N–H and O–H groups in total. The van der Waals surface area contributed by atoms with Crippen molar-refractivity contribution in [3.8, 4) is 11.4 Å². The largest absolute Gasteiger partial charge is 0.338 e. The van der Waals surface area contributed by atoms with Crippen LogP contribution in [0.3, 0.4) is 0 Å². The molecule has 27 heavy (non-hydrogen) atoms. The van der Waals surface area contributed by atoms with Gasteiger partial charge < -0.3 is 4.52 Å². The van der Waals surface area contributed by atoms with E-state index >= 15 is 0 Å². The highest BCUT2D eigenvalue weighted by Crippen LogP contribution is 2.22. The zero-order valence-corrected chi connectivity index (χ0v) is 16.2. The van der Waals surface area contributed by atoms with Gasteiger partial charge in [-0.05, 0) is 25.5 Å². The first-order chi connectivity index (χ1) is 13.0. The number of thiazole rings is 1. The molecule has 0 aliphatic carbocycles. The van der Waals surface area contributed by atoms with Crippen LogP contribution in [-0.2, 0) is 11.5 Å². The number of rotatable bonds is 5. The molecule has 0 fully saturated rings. The van der Waals surface area contributed by atoms with E-state index in [1.807, 2.05) is 12.3 Å². The van der Waals surface area contributed by atoms with Crippen molar-refractivity contribution in [2.75, 3.05) is 0 Å². The van der Waals surface area contributed by atoms with Crippen molar-refractivity contribution < 1.29 is 8.91 Å². The first-order valence-corrected chi connectivity index (χ1v) is 10.2. The van der Waals surface area contributed by atoms with E-state index in [1.165, 1.54) is 29.2 Å². The minimum atomic E-state index is -0.301. The van der Waals surface area contributed by atoms with Gasteiger partial charge >= 0.3 is 0 Å². The molecule has 0 saturated carbocycles. The summed E-state index contributed by atoms with van der Waals surface area (Å²) in [4.78, 5) is 21.7. The van der Waals surface area contributed by atoms with E-state index in [2.05, 4.69) is 15.1 Å². The van der Waals surface area contributed by atoms with Gasteiger partial charge in [-0.3, -0.25) is 9.20 Å². The normalized spacial score (nSPS) is 11.4. The van der Waals surface area contributed by atoms with Crippen LogP contribution >= 0.6 is 23.1 Å². The molecule has 0 aliphatic heterocycles. The summed E-state index contributed by atoms with van der Waals surface area (Å²) in [6.07, 6.45) is 0. The van der Waals surface area contributed by atoms with Crippen LogP contribution in [0.25, 0.3) is 16.3 Å². The molecule has 1 aromatic carbocycles. The lowest BCUT2D eigenvalue weighted by atomic mass is 10.1. The van der Waals surface area contributed by atoms with Gasteiger partial charge in [-0.25, -0.2) is 9.37 Å². The first-order valence-electron chi connectivity index (χ1n) is 8.15. The van der Waals surface area contributed by atoms with Gasteiger partial charge in [0.05, 0.1) is 11.4 Å². The summed E-state index contributed by atoms with van der Waals surface area (Å²) < 4.78 is 20.5. The summed E-state index contributed by atoms with van der Waals surface area (Å²) in [7, 11) is 0. The molecule has 0 amide bonds. The molecule has 0 unspecified atom stereocenters. The molecule has 0 aliphatic rings. The molecule has 4 rings (SSSR count). The van der Waals surface area contributed by atoms with E-state index in [1.54, 1.807) is 29.5 Å². The summed E-state index contributed by atoms with van der Waals surface area (Å²) in [5.41, 5.74) is 2.67. The van der Waals surface area contributed by atoms with E-state index in [0.29, 0.717) is 45.0 Å². The molecular formula is C18H15FN4O2S2. The van der Waals surface area contributed by atoms with Crippen LogP contribution in [0.4, 0.5) is 4.39 Å². The van der Waals surface area contributed by atoms with Gasteiger partial charge in [-0.1, -0.05) is 17.3 Å². The third-order valence-corrected chi connectivity index (χ3v) is 5.90. The summed E-state index contributed by atoms with van der Waals surface area (Å²) in [6, 6.07) is 6.39. The van der Waals surface area contributed by atoms with Crippen LogP contribution in [0.2, 0.25) is 0 Å². The fraction of sp³-hybridized carbons (Fsp3) is 0.222. The van der Waals surface area contributed by atoms with E-state index in [0.717, 1.165) is 5.69 Å². The Hall–Kier alpha value is -2.52. The number of halogens is 1. The third kappa shape index (κ3) is 3.65. The van der Waals surface area contributed by atoms with Gasteiger partial charge in [-0.2, -0.15) is 4.98 Å². The highest BCUT2D eigenvalue weighted by Gasteiger charge is 2.11. The molecule has 0 atom stereocenters. The smallest absolute Gasteiger partial charge is 0.258 e. The van der Waals surface area contributed by atoms with Crippen LogP contribution in [0, 0.1) is 19.7 Å². The van der Waals surface area contributed by atoms with Gasteiger partial charge in [0, 0.05) is 28.5 Å². The Balaban J connectivity index is 1.43. The molecule has 6 nitrogen and oxygen atoms in total. The maximum absolute atomic E-state index is 13.7. The molecule has 0 spiro atoms. The van der Waals surface area contributed by atoms with E-state index in [-0.39, 0.29) is 11.4 Å². The van der Waals surface area contributed by atoms with Crippen molar-refractivity contribution in [2.24, 2.45) is 0 Å². The highest BCUT2D eigenvalue weighted by atomic mass is 32.2. The maximum Gasteiger partial charge on any atom is 0.258 e. The molecule has 0 bridgehead atoms. The summed E-state index contributed by atoms with van der Waals surface area (Å²) in [5.74, 6) is 1.53. The van der Waals surface area contributed by atoms with E-state index in [9.17, 15) is 9.18 Å². The molecule has 4 aromatic rings. The summed E-state index contributed by atoms with van der Waals surface area (Å²) in [5, 5.41) is 5.82. The van der Waals surface area contributed by atoms with Gasteiger partial charge in [0.2, 0.25) is 11.7 Å². The van der Waals surface area contributed by atoms with Crippen molar-refractivity contribution in [1.82, 2.24) is 19.5 Å². The number of nitrogens with zero attached hydrogens (tertiary/aromatic N) is 4. The Morgan fingerprint density at radius 1 is 1.22 bits per heavy atom. The Morgan fingerprint density at radius 3 is 2.89 bits per heavy atom.